The molecular weight excluding hydrogens is 1040 g/mol. The molecule has 1 amide bonds. The molecule has 0 saturated carbocycles. The standard InChI is InChI=1S/C79H149NO5/c1-3-5-7-9-11-13-15-17-18-44-48-51-55-59-63-67-71-77(82)76(75-81)80-78(83)72-68-64-60-56-52-49-45-42-40-38-36-34-32-30-28-26-24-22-20-19-21-23-25-27-29-31-33-35-37-39-41-43-46-50-54-58-62-66-70-74-85-79(84)73-69-65-61-57-53-47-16-14-12-10-8-6-4-2/h8,10,14,16,19-20,23,25,76-77,81-82H,3-7,9,11-13,15,17-18,21-22,24,26-75H2,1-2H3,(H,80,83)/b10-8-,16-14-,20-19-,25-23-. The van der Waals surface area contributed by atoms with Crippen molar-refractivity contribution < 1.29 is 24.5 Å². The predicted molar refractivity (Wildman–Crippen MR) is 375 cm³/mol. The molecule has 2 unspecified atom stereocenters. The van der Waals surface area contributed by atoms with Crippen LogP contribution in [-0.2, 0) is 14.3 Å². The minimum atomic E-state index is -0.662. The number of carbonyl (C=O) groups excluding carboxylic acids is 2. The summed E-state index contributed by atoms with van der Waals surface area (Å²) in [4.78, 5) is 24.6. The molecule has 0 aromatic heterocycles. The maximum absolute atomic E-state index is 12.5. The largest absolute Gasteiger partial charge is 0.466 e. The minimum Gasteiger partial charge on any atom is -0.466 e. The summed E-state index contributed by atoms with van der Waals surface area (Å²) in [6.07, 6.45) is 97.7. The fraction of sp³-hybridized carbons (Fsp3) is 0.873. The lowest BCUT2D eigenvalue weighted by Gasteiger charge is -2.22. The Morgan fingerprint density at radius 3 is 0.941 bits per heavy atom. The van der Waals surface area contributed by atoms with E-state index in [1.165, 1.54) is 327 Å². The number of aliphatic hydroxyl groups is 2. The third kappa shape index (κ3) is 70.8. The lowest BCUT2D eigenvalue weighted by Crippen LogP contribution is -2.45. The van der Waals surface area contributed by atoms with Crippen LogP contribution in [0.2, 0.25) is 0 Å². The van der Waals surface area contributed by atoms with Crippen molar-refractivity contribution in [2.45, 2.75) is 431 Å². The summed E-state index contributed by atoms with van der Waals surface area (Å²) < 4.78 is 5.48. The fourth-order valence-electron chi connectivity index (χ4n) is 12.0. The van der Waals surface area contributed by atoms with E-state index in [2.05, 4.69) is 67.8 Å². The second-order valence-corrected chi connectivity index (χ2v) is 26.3. The van der Waals surface area contributed by atoms with Gasteiger partial charge in [0.15, 0.2) is 0 Å². The van der Waals surface area contributed by atoms with Crippen LogP contribution in [0.4, 0.5) is 0 Å². The van der Waals surface area contributed by atoms with E-state index < -0.39 is 12.1 Å². The molecule has 0 aromatic rings. The Morgan fingerprint density at radius 2 is 0.612 bits per heavy atom. The molecule has 0 rings (SSSR count). The van der Waals surface area contributed by atoms with E-state index in [1.807, 2.05) is 0 Å². The van der Waals surface area contributed by atoms with Crippen molar-refractivity contribution in [3.63, 3.8) is 0 Å². The number of esters is 1. The maximum atomic E-state index is 12.5. The molecule has 0 radical (unpaired) electrons. The molecule has 2 atom stereocenters. The molecule has 0 aliphatic carbocycles. The zero-order valence-electron chi connectivity index (χ0n) is 57.4. The number of carbonyl (C=O) groups is 2. The number of nitrogens with one attached hydrogen (secondary N) is 1. The van der Waals surface area contributed by atoms with Crippen LogP contribution in [0.3, 0.4) is 0 Å². The first-order valence-corrected chi connectivity index (χ1v) is 38.4. The molecule has 500 valence electrons. The summed E-state index contributed by atoms with van der Waals surface area (Å²) in [5.74, 6) is -0.0237. The average molecular weight is 1190 g/mol. The van der Waals surface area contributed by atoms with Gasteiger partial charge < -0.3 is 20.3 Å². The van der Waals surface area contributed by atoms with Crippen molar-refractivity contribution in [1.29, 1.82) is 0 Å². The number of hydrogen-bond acceptors (Lipinski definition) is 5. The number of hydrogen-bond donors (Lipinski definition) is 3. The van der Waals surface area contributed by atoms with Gasteiger partial charge in [-0.15, -0.1) is 0 Å². The van der Waals surface area contributed by atoms with Gasteiger partial charge in [0.25, 0.3) is 0 Å². The second-order valence-electron chi connectivity index (χ2n) is 26.3. The molecule has 85 heavy (non-hydrogen) atoms. The molecule has 6 heteroatoms. The first-order chi connectivity index (χ1) is 42.0. The van der Waals surface area contributed by atoms with Crippen molar-refractivity contribution in [3.05, 3.63) is 48.6 Å². The number of unbranched alkanes of at least 4 members (excludes halogenated alkanes) is 53. The van der Waals surface area contributed by atoms with Gasteiger partial charge in [0, 0.05) is 12.8 Å². The highest BCUT2D eigenvalue weighted by molar-refractivity contribution is 5.76. The summed E-state index contributed by atoms with van der Waals surface area (Å²) in [6.45, 7) is 4.92. The third-order valence-corrected chi connectivity index (χ3v) is 17.8. The van der Waals surface area contributed by atoms with Gasteiger partial charge in [0.1, 0.15) is 0 Å². The molecule has 0 bridgehead atoms. The normalized spacial score (nSPS) is 12.8. The van der Waals surface area contributed by atoms with Crippen LogP contribution < -0.4 is 5.32 Å². The molecule has 0 aliphatic heterocycles. The van der Waals surface area contributed by atoms with E-state index in [0.717, 1.165) is 57.8 Å². The first-order valence-electron chi connectivity index (χ1n) is 38.4. The summed E-state index contributed by atoms with van der Waals surface area (Å²) in [7, 11) is 0. The number of allylic oxidation sites excluding steroid dienone is 8. The zero-order chi connectivity index (χ0) is 61.3. The zero-order valence-corrected chi connectivity index (χ0v) is 57.4. The van der Waals surface area contributed by atoms with Gasteiger partial charge in [-0.25, -0.2) is 0 Å². The Hall–Kier alpha value is -2.18. The lowest BCUT2D eigenvalue weighted by molar-refractivity contribution is -0.143. The van der Waals surface area contributed by atoms with Crippen molar-refractivity contribution >= 4 is 11.9 Å². The highest BCUT2D eigenvalue weighted by atomic mass is 16.5. The molecule has 0 aliphatic rings. The summed E-state index contributed by atoms with van der Waals surface area (Å²) in [6, 6.07) is -0.539. The van der Waals surface area contributed by atoms with Crippen molar-refractivity contribution in [2.24, 2.45) is 0 Å². The number of rotatable bonds is 72. The topological polar surface area (TPSA) is 95.9 Å². The second kappa shape index (κ2) is 74.3. The van der Waals surface area contributed by atoms with E-state index in [4.69, 9.17) is 4.74 Å². The maximum Gasteiger partial charge on any atom is 0.305 e. The van der Waals surface area contributed by atoms with Crippen molar-refractivity contribution in [1.82, 2.24) is 5.32 Å². The fourth-order valence-corrected chi connectivity index (χ4v) is 12.0. The average Bonchev–Trinajstić information content (AvgIpc) is 3.51. The molecule has 0 heterocycles. The Morgan fingerprint density at radius 1 is 0.329 bits per heavy atom. The van der Waals surface area contributed by atoms with E-state index in [-0.39, 0.29) is 18.5 Å². The van der Waals surface area contributed by atoms with Crippen LogP contribution in [-0.4, -0.2) is 47.4 Å². The predicted octanol–water partition coefficient (Wildman–Crippen LogP) is 25.2. The number of amides is 1. The molecule has 6 nitrogen and oxygen atoms in total. The van der Waals surface area contributed by atoms with Crippen LogP contribution in [0.5, 0.6) is 0 Å². The van der Waals surface area contributed by atoms with Crippen molar-refractivity contribution in [2.75, 3.05) is 13.2 Å². The summed E-state index contributed by atoms with van der Waals surface area (Å²) in [5, 5.41) is 23.4. The molecular formula is C79H149NO5. The summed E-state index contributed by atoms with van der Waals surface area (Å²) >= 11 is 0. The molecule has 0 aromatic carbocycles. The SMILES string of the molecule is CCC/C=C\C/C=C\CCCCCCCC(=O)OCCCCCCCCCCCCCCCCC/C=C\C/C=C\CCCCCCCCCCCCCCCCCCCC(=O)NC(CO)C(O)CCCCCCCCCCCCCCCCCC. The van der Waals surface area contributed by atoms with E-state index in [1.54, 1.807) is 0 Å². The summed E-state index contributed by atoms with van der Waals surface area (Å²) in [5.41, 5.74) is 0. The highest BCUT2D eigenvalue weighted by Crippen LogP contribution is 2.19. The Labute approximate surface area is 531 Å². The van der Waals surface area contributed by atoms with Gasteiger partial charge in [0.05, 0.1) is 25.4 Å². The van der Waals surface area contributed by atoms with Gasteiger partial charge in [-0.2, -0.15) is 0 Å². The smallest absolute Gasteiger partial charge is 0.305 e. The van der Waals surface area contributed by atoms with Crippen molar-refractivity contribution in [3.8, 4) is 0 Å². The minimum absolute atomic E-state index is 0.00505. The quantitative estimate of drug-likeness (QED) is 0.0320. The molecule has 0 spiro atoms. The molecule has 3 N–H and O–H groups in total. The van der Waals surface area contributed by atoms with Gasteiger partial charge >= 0.3 is 5.97 Å². The number of ether oxygens (including phenoxy) is 1. The Balaban J connectivity index is 3.35. The van der Waals surface area contributed by atoms with E-state index in [0.29, 0.717) is 25.9 Å². The first kappa shape index (κ1) is 82.8. The monoisotopic (exact) mass is 1190 g/mol. The van der Waals surface area contributed by atoms with E-state index >= 15 is 0 Å². The van der Waals surface area contributed by atoms with Gasteiger partial charge in [0.2, 0.25) is 5.91 Å². The van der Waals surface area contributed by atoms with Crippen LogP contribution in [0, 0.1) is 0 Å². The molecule has 0 saturated heterocycles. The van der Waals surface area contributed by atoms with Crippen LogP contribution >= 0.6 is 0 Å². The van der Waals surface area contributed by atoms with Crippen LogP contribution in [0.15, 0.2) is 48.6 Å². The third-order valence-electron chi connectivity index (χ3n) is 17.8. The highest BCUT2D eigenvalue weighted by Gasteiger charge is 2.20. The van der Waals surface area contributed by atoms with Gasteiger partial charge in [-0.1, -0.05) is 371 Å². The molecule has 0 fully saturated rings. The lowest BCUT2D eigenvalue weighted by atomic mass is 10.0. The van der Waals surface area contributed by atoms with Gasteiger partial charge in [-0.3, -0.25) is 9.59 Å². The Bertz CT molecular complexity index is 1420. The Kier molecular flexibility index (Phi) is 72.4. The van der Waals surface area contributed by atoms with Gasteiger partial charge in [-0.05, 0) is 83.5 Å². The van der Waals surface area contributed by atoms with E-state index in [9.17, 15) is 19.8 Å². The van der Waals surface area contributed by atoms with Crippen LogP contribution in [0.1, 0.15) is 418 Å². The van der Waals surface area contributed by atoms with Crippen LogP contribution in [0.25, 0.3) is 0 Å². The number of aliphatic hydroxyl groups excluding tert-OH is 2.